The van der Waals surface area contributed by atoms with Gasteiger partial charge < -0.3 is 20.1 Å². The van der Waals surface area contributed by atoms with Gasteiger partial charge in [0.25, 0.3) is 0 Å². The molecule has 1 saturated heterocycles. The van der Waals surface area contributed by atoms with Crippen LogP contribution < -0.4 is 5.32 Å². The molecule has 3 atom stereocenters. The van der Waals surface area contributed by atoms with E-state index in [1.807, 2.05) is 0 Å². The fourth-order valence-electron chi connectivity index (χ4n) is 3.33. The van der Waals surface area contributed by atoms with Gasteiger partial charge in [-0.25, -0.2) is 4.79 Å². The summed E-state index contributed by atoms with van der Waals surface area (Å²) in [5.41, 5.74) is -0.577. The molecule has 23 heavy (non-hydrogen) atoms. The minimum atomic E-state index is -0.937. The van der Waals surface area contributed by atoms with Gasteiger partial charge >= 0.3 is 12.1 Å². The van der Waals surface area contributed by atoms with Gasteiger partial charge in [0.15, 0.2) is 0 Å². The van der Waals surface area contributed by atoms with Crippen LogP contribution in [0.5, 0.6) is 0 Å². The van der Waals surface area contributed by atoms with Crippen molar-refractivity contribution in [3.8, 4) is 0 Å². The lowest BCUT2D eigenvalue weighted by atomic mass is 9.89. The predicted molar refractivity (Wildman–Crippen MR) is 82.9 cm³/mol. The Morgan fingerprint density at radius 3 is 2.48 bits per heavy atom. The van der Waals surface area contributed by atoms with E-state index in [2.05, 4.69) is 5.32 Å². The van der Waals surface area contributed by atoms with Crippen LogP contribution in [0, 0.1) is 5.92 Å². The number of likely N-dealkylation sites (tertiary alicyclic amines) is 1. The van der Waals surface area contributed by atoms with Crippen molar-refractivity contribution in [1.29, 1.82) is 0 Å². The Balaban J connectivity index is 2.02. The first-order chi connectivity index (χ1) is 10.7. The van der Waals surface area contributed by atoms with E-state index in [4.69, 9.17) is 9.84 Å². The standard InChI is InChI=1S/C16H26N2O5/c1-16(2,3)23-15(22)17-11-6-4-5-7-12(11)18-9-10(14(20)21)8-13(18)19/h10-12H,4-9H2,1-3H3,(H,17,22)(H,20,21). The molecule has 2 amide bonds. The lowest BCUT2D eigenvalue weighted by molar-refractivity contribution is -0.141. The number of ether oxygens (including phenoxy) is 1. The summed E-state index contributed by atoms with van der Waals surface area (Å²) in [4.78, 5) is 36.9. The molecule has 7 heteroatoms. The van der Waals surface area contributed by atoms with Crippen LogP contribution >= 0.6 is 0 Å². The molecule has 2 rings (SSSR count). The van der Waals surface area contributed by atoms with Gasteiger partial charge in [0.1, 0.15) is 5.60 Å². The summed E-state index contributed by atoms with van der Waals surface area (Å²) >= 11 is 0. The Morgan fingerprint density at radius 1 is 1.26 bits per heavy atom. The molecular weight excluding hydrogens is 300 g/mol. The van der Waals surface area contributed by atoms with Crippen molar-refractivity contribution in [2.24, 2.45) is 5.92 Å². The Kier molecular flexibility index (Phi) is 5.16. The fourth-order valence-corrected chi connectivity index (χ4v) is 3.33. The Hall–Kier alpha value is -1.79. The van der Waals surface area contributed by atoms with E-state index < -0.39 is 23.6 Å². The van der Waals surface area contributed by atoms with Crippen molar-refractivity contribution >= 4 is 18.0 Å². The number of hydrogen-bond donors (Lipinski definition) is 2. The topological polar surface area (TPSA) is 95.9 Å². The average molecular weight is 326 g/mol. The van der Waals surface area contributed by atoms with Crippen LogP contribution in [0.1, 0.15) is 52.9 Å². The van der Waals surface area contributed by atoms with Crippen LogP contribution in [-0.4, -0.2) is 52.2 Å². The number of hydrogen-bond acceptors (Lipinski definition) is 4. The second-order valence-electron chi connectivity index (χ2n) is 7.39. The number of carboxylic acid groups (broad SMARTS) is 1. The summed E-state index contributed by atoms with van der Waals surface area (Å²) in [5.74, 6) is -1.72. The zero-order valence-corrected chi connectivity index (χ0v) is 14.0. The summed E-state index contributed by atoms with van der Waals surface area (Å²) < 4.78 is 5.29. The normalized spacial score (nSPS) is 28.6. The van der Waals surface area contributed by atoms with Crippen LogP contribution in [-0.2, 0) is 14.3 Å². The minimum absolute atomic E-state index is 0.0466. The molecule has 0 spiro atoms. The third kappa shape index (κ3) is 4.59. The molecule has 2 fully saturated rings. The number of alkyl carbamates (subject to hydrolysis) is 1. The molecule has 130 valence electrons. The number of nitrogens with one attached hydrogen (secondary N) is 1. The maximum absolute atomic E-state index is 12.2. The second kappa shape index (κ2) is 6.76. The predicted octanol–water partition coefficient (Wildman–Crippen LogP) is 1.76. The zero-order valence-electron chi connectivity index (χ0n) is 14.0. The summed E-state index contributed by atoms with van der Waals surface area (Å²) in [6.45, 7) is 5.62. The van der Waals surface area contributed by atoms with Gasteiger partial charge in [-0.1, -0.05) is 12.8 Å². The number of carbonyl (C=O) groups is 3. The summed E-state index contributed by atoms with van der Waals surface area (Å²) in [5, 5.41) is 12.0. The van der Waals surface area contributed by atoms with E-state index >= 15 is 0 Å². The monoisotopic (exact) mass is 326 g/mol. The van der Waals surface area contributed by atoms with E-state index in [9.17, 15) is 14.4 Å². The van der Waals surface area contributed by atoms with Crippen molar-refractivity contribution in [1.82, 2.24) is 10.2 Å². The third-order valence-electron chi connectivity index (χ3n) is 4.34. The van der Waals surface area contributed by atoms with Crippen molar-refractivity contribution < 1.29 is 24.2 Å². The highest BCUT2D eigenvalue weighted by Gasteiger charge is 2.41. The molecule has 0 aromatic carbocycles. The van der Waals surface area contributed by atoms with Gasteiger partial charge in [-0.05, 0) is 33.6 Å². The highest BCUT2D eigenvalue weighted by molar-refractivity contribution is 5.86. The van der Waals surface area contributed by atoms with Crippen LogP contribution in [0.4, 0.5) is 4.79 Å². The second-order valence-corrected chi connectivity index (χ2v) is 7.39. The fraction of sp³-hybridized carbons (Fsp3) is 0.812. The molecule has 2 aliphatic rings. The lowest BCUT2D eigenvalue weighted by Gasteiger charge is -2.38. The summed E-state index contributed by atoms with van der Waals surface area (Å²) in [6, 6.07) is -0.330. The summed E-state index contributed by atoms with van der Waals surface area (Å²) in [6.07, 6.45) is 3.05. The number of carbonyl (C=O) groups excluding carboxylic acids is 2. The van der Waals surface area contributed by atoms with Crippen LogP contribution in [0.25, 0.3) is 0 Å². The quantitative estimate of drug-likeness (QED) is 0.824. The van der Waals surface area contributed by atoms with Crippen molar-refractivity contribution in [3.63, 3.8) is 0 Å². The molecule has 0 aromatic heterocycles. The number of nitrogens with zero attached hydrogens (tertiary/aromatic N) is 1. The third-order valence-corrected chi connectivity index (χ3v) is 4.34. The largest absolute Gasteiger partial charge is 0.481 e. The zero-order chi connectivity index (χ0) is 17.2. The molecule has 0 bridgehead atoms. The van der Waals surface area contributed by atoms with Crippen molar-refractivity contribution in [3.05, 3.63) is 0 Å². The van der Waals surface area contributed by atoms with Gasteiger partial charge in [0, 0.05) is 13.0 Å². The van der Waals surface area contributed by atoms with E-state index in [-0.39, 0.29) is 31.0 Å². The van der Waals surface area contributed by atoms with Crippen molar-refractivity contribution in [2.75, 3.05) is 6.54 Å². The number of carboxylic acids is 1. The first kappa shape index (κ1) is 17.6. The molecule has 2 N–H and O–H groups in total. The average Bonchev–Trinajstić information content (AvgIpc) is 2.79. The SMILES string of the molecule is CC(C)(C)OC(=O)NC1CCCCC1N1CC(C(=O)O)CC1=O. The molecule has 1 aliphatic heterocycles. The molecule has 3 unspecified atom stereocenters. The molecule has 1 heterocycles. The van der Waals surface area contributed by atoms with E-state index in [1.165, 1.54) is 0 Å². The molecule has 0 radical (unpaired) electrons. The molecular formula is C16H26N2O5. The maximum Gasteiger partial charge on any atom is 0.407 e. The van der Waals surface area contributed by atoms with Crippen LogP contribution in [0.2, 0.25) is 0 Å². The van der Waals surface area contributed by atoms with E-state index in [1.54, 1.807) is 25.7 Å². The van der Waals surface area contributed by atoms with Crippen molar-refractivity contribution in [2.45, 2.75) is 70.6 Å². The number of amides is 2. The van der Waals surface area contributed by atoms with E-state index in [0.29, 0.717) is 0 Å². The number of rotatable bonds is 3. The highest BCUT2D eigenvalue weighted by atomic mass is 16.6. The Bertz CT molecular complexity index is 485. The molecule has 1 aliphatic carbocycles. The van der Waals surface area contributed by atoms with Gasteiger partial charge in [0.05, 0.1) is 18.0 Å². The van der Waals surface area contributed by atoms with Gasteiger partial charge in [-0.2, -0.15) is 0 Å². The maximum atomic E-state index is 12.2. The van der Waals surface area contributed by atoms with Gasteiger partial charge in [-0.3, -0.25) is 9.59 Å². The minimum Gasteiger partial charge on any atom is -0.481 e. The van der Waals surface area contributed by atoms with Gasteiger partial charge in [0.2, 0.25) is 5.91 Å². The Labute approximate surface area is 136 Å². The summed E-state index contributed by atoms with van der Waals surface area (Å²) in [7, 11) is 0. The van der Waals surface area contributed by atoms with Crippen LogP contribution in [0.15, 0.2) is 0 Å². The number of aliphatic carboxylic acids is 1. The van der Waals surface area contributed by atoms with Crippen LogP contribution in [0.3, 0.4) is 0 Å². The van der Waals surface area contributed by atoms with Gasteiger partial charge in [-0.15, -0.1) is 0 Å². The first-order valence-electron chi connectivity index (χ1n) is 8.19. The van der Waals surface area contributed by atoms with E-state index in [0.717, 1.165) is 25.7 Å². The molecule has 7 nitrogen and oxygen atoms in total. The Morgan fingerprint density at radius 2 is 1.91 bits per heavy atom. The highest BCUT2D eigenvalue weighted by Crippen LogP contribution is 2.29. The smallest absolute Gasteiger partial charge is 0.407 e. The molecule has 0 aromatic rings. The molecule has 1 saturated carbocycles. The lowest BCUT2D eigenvalue weighted by Crippen LogP contribution is -2.54. The first-order valence-corrected chi connectivity index (χ1v) is 8.19.